The molecule has 1 N–H and O–H groups in total. The van der Waals surface area contributed by atoms with Crippen molar-refractivity contribution in [2.75, 3.05) is 32.8 Å². The van der Waals surface area contributed by atoms with Crippen molar-refractivity contribution in [2.45, 2.75) is 6.92 Å². The van der Waals surface area contributed by atoms with Crippen LogP contribution in [0.4, 0.5) is 5.13 Å². The second kappa shape index (κ2) is 10.4. The number of benzene rings is 2. The molecule has 0 saturated carbocycles. The number of methoxy groups -OCH3 is 2. The minimum absolute atomic E-state index is 0.334. The zero-order valence-corrected chi connectivity index (χ0v) is 18.2. The van der Waals surface area contributed by atoms with E-state index in [9.17, 15) is 9.59 Å². The Morgan fingerprint density at radius 3 is 2.45 bits per heavy atom. The molecule has 9 heteroatoms. The number of ether oxygens (including phenoxy) is 4. The fourth-order valence-corrected chi connectivity index (χ4v) is 3.42. The number of nitrogens with one attached hydrogen (secondary N) is 1. The van der Waals surface area contributed by atoms with Crippen LogP contribution in [0.2, 0.25) is 0 Å². The molecule has 0 aliphatic carbocycles. The number of carbonyl (C=O) groups excluding carboxylic acids is 2. The van der Waals surface area contributed by atoms with Gasteiger partial charge >= 0.3 is 5.97 Å². The molecule has 0 aliphatic rings. The summed E-state index contributed by atoms with van der Waals surface area (Å²) in [4.78, 5) is 28.6. The lowest BCUT2D eigenvalue weighted by atomic mass is 10.1. The van der Waals surface area contributed by atoms with Gasteiger partial charge < -0.3 is 18.9 Å². The summed E-state index contributed by atoms with van der Waals surface area (Å²) in [5.74, 6) is 0.783. The zero-order chi connectivity index (χ0) is 22.2. The van der Waals surface area contributed by atoms with Crippen molar-refractivity contribution in [1.29, 1.82) is 0 Å². The molecule has 0 radical (unpaired) electrons. The van der Waals surface area contributed by atoms with E-state index in [-0.39, 0.29) is 0 Å². The van der Waals surface area contributed by atoms with E-state index in [2.05, 4.69) is 10.3 Å². The molecule has 0 bridgehead atoms. The molecule has 0 saturated heterocycles. The number of hydrogen-bond acceptors (Lipinski definition) is 8. The molecule has 0 atom stereocenters. The maximum atomic E-state index is 12.1. The largest absolute Gasteiger partial charge is 0.494 e. The topological polar surface area (TPSA) is 96.0 Å². The number of aromatic nitrogens is 1. The fourth-order valence-electron chi connectivity index (χ4n) is 2.68. The maximum Gasteiger partial charge on any atom is 0.338 e. The number of anilines is 1. The van der Waals surface area contributed by atoms with Crippen molar-refractivity contribution < 1.29 is 28.5 Å². The van der Waals surface area contributed by atoms with Crippen LogP contribution in [0.15, 0.2) is 47.8 Å². The Bertz CT molecular complexity index is 1050. The van der Waals surface area contributed by atoms with Crippen molar-refractivity contribution in [2.24, 2.45) is 0 Å². The number of hydrogen-bond donors (Lipinski definition) is 1. The van der Waals surface area contributed by atoms with Crippen LogP contribution >= 0.6 is 11.3 Å². The molecule has 31 heavy (non-hydrogen) atoms. The van der Waals surface area contributed by atoms with Crippen LogP contribution in [0.1, 0.15) is 17.3 Å². The Kier molecular flexibility index (Phi) is 7.45. The van der Waals surface area contributed by atoms with Gasteiger partial charge in [-0.05, 0) is 49.4 Å². The van der Waals surface area contributed by atoms with Crippen LogP contribution in [-0.2, 0) is 9.53 Å². The summed E-state index contributed by atoms with van der Waals surface area (Å²) in [6.45, 7) is 1.99. The van der Waals surface area contributed by atoms with Gasteiger partial charge in [0.05, 0.1) is 32.1 Å². The van der Waals surface area contributed by atoms with E-state index in [1.54, 1.807) is 50.6 Å². The van der Waals surface area contributed by atoms with E-state index in [0.29, 0.717) is 40.2 Å². The standard InChI is InChI=1S/C22H22N2O6S/c1-4-29-16-8-5-14(6-9-16)21(26)30-12-20(25)24-22-23-17(13-31-22)15-7-10-18(27-2)19(11-15)28-3/h5-11,13H,4,12H2,1-3H3,(H,23,24,25). The molecule has 1 heterocycles. The second-order valence-electron chi connectivity index (χ2n) is 6.19. The lowest BCUT2D eigenvalue weighted by Gasteiger charge is -2.08. The predicted octanol–water partition coefficient (Wildman–Crippen LogP) is 4.02. The van der Waals surface area contributed by atoms with Crippen LogP contribution < -0.4 is 19.5 Å². The van der Waals surface area contributed by atoms with Crippen LogP contribution in [0.5, 0.6) is 17.2 Å². The smallest absolute Gasteiger partial charge is 0.338 e. The number of nitrogens with zero attached hydrogens (tertiary/aromatic N) is 1. The Labute approximate surface area is 183 Å². The number of amides is 1. The van der Waals surface area contributed by atoms with E-state index in [1.165, 1.54) is 11.3 Å². The van der Waals surface area contributed by atoms with Gasteiger partial charge in [0.2, 0.25) is 0 Å². The molecular weight excluding hydrogens is 420 g/mol. The lowest BCUT2D eigenvalue weighted by Crippen LogP contribution is -2.20. The number of thiazole rings is 1. The third-order valence-corrected chi connectivity index (χ3v) is 4.92. The first-order chi connectivity index (χ1) is 15.0. The Morgan fingerprint density at radius 2 is 1.77 bits per heavy atom. The molecular formula is C22H22N2O6S. The highest BCUT2D eigenvalue weighted by atomic mass is 32.1. The van der Waals surface area contributed by atoms with Crippen LogP contribution in [0.25, 0.3) is 11.3 Å². The first-order valence-electron chi connectivity index (χ1n) is 9.41. The van der Waals surface area contributed by atoms with Gasteiger partial charge in [0.1, 0.15) is 5.75 Å². The van der Waals surface area contributed by atoms with E-state index < -0.39 is 18.5 Å². The second-order valence-corrected chi connectivity index (χ2v) is 7.05. The maximum absolute atomic E-state index is 12.1. The highest BCUT2D eigenvalue weighted by Gasteiger charge is 2.13. The van der Waals surface area contributed by atoms with E-state index in [4.69, 9.17) is 18.9 Å². The van der Waals surface area contributed by atoms with Crippen molar-refractivity contribution >= 4 is 28.3 Å². The summed E-state index contributed by atoms with van der Waals surface area (Å²) >= 11 is 1.26. The third-order valence-electron chi connectivity index (χ3n) is 4.17. The molecule has 0 aliphatic heterocycles. The summed E-state index contributed by atoms with van der Waals surface area (Å²) in [5.41, 5.74) is 1.82. The summed E-state index contributed by atoms with van der Waals surface area (Å²) in [5, 5.41) is 4.83. The molecule has 0 spiro atoms. The summed E-state index contributed by atoms with van der Waals surface area (Å²) in [6, 6.07) is 11.9. The van der Waals surface area contributed by atoms with Crippen LogP contribution in [0.3, 0.4) is 0 Å². The zero-order valence-electron chi connectivity index (χ0n) is 17.3. The number of carbonyl (C=O) groups is 2. The predicted molar refractivity (Wildman–Crippen MR) is 117 cm³/mol. The average Bonchev–Trinajstić information content (AvgIpc) is 3.26. The van der Waals surface area contributed by atoms with Crippen LogP contribution in [0, 0.1) is 0 Å². The van der Waals surface area contributed by atoms with Gasteiger partial charge in [0.15, 0.2) is 23.2 Å². The van der Waals surface area contributed by atoms with Gasteiger partial charge in [-0.2, -0.15) is 0 Å². The van der Waals surface area contributed by atoms with Crippen molar-refractivity contribution in [3.8, 4) is 28.5 Å². The lowest BCUT2D eigenvalue weighted by molar-refractivity contribution is -0.119. The van der Waals surface area contributed by atoms with E-state index in [0.717, 1.165) is 5.56 Å². The minimum Gasteiger partial charge on any atom is -0.494 e. The van der Waals surface area contributed by atoms with Crippen molar-refractivity contribution in [3.05, 3.63) is 53.4 Å². The molecule has 1 aromatic heterocycles. The highest BCUT2D eigenvalue weighted by molar-refractivity contribution is 7.14. The van der Waals surface area contributed by atoms with Gasteiger partial charge in [-0.15, -0.1) is 11.3 Å². The summed E-state index contributed by atoms with van der Waals surface area (Å²) in [7, 11) is 3.12. The molecule has 0 fully saturated rings. The Morgan fingerprint density at radius 1 is 1.03 bits per heavy atom. The monoisotopic (exact) mass is 442 g/mol. The van der Waals surface area contributed by atoms with Crippen molar-refractivity contribution in [3.63, 3.8) is 0 Å². The first-order valence-corrected chi connectivity index (χ1v) is 10.3. The molecule has 3 rings (SSSR count). The third kappa shape index (κ3) is 5.73. The normalized spacial score (nSPS) is 10.3. The van der Waals surface area contributed by atoms with E-state index in [1.807, 2.05) is 18.4 Å². The highest BCUT2D eigenvalue weighted by Crippen LogP contribution is 2.33. The minimum atomic E-state index is -0.594. The Balaban J connectivity index is 1.55. The van der Waals surface area contributed by atoms with Gasteiger partial charge in [-0.3, -0.25) is 10.1 Å². The van der Waals surface area contributed by atoms with Gasteiger partial charge in [-0.1, -0.05) is 0 Å². The average molecular weight is 442 g/mol. The number of rotatable bonds is 9. The summed E-state index contributed by atoms with van der Waals surface area (Å²) < 4.78 is 20.9. The van der Waals surface area contributed by atoms with Crippen LogP contribution in [-0.4, -0.2) is 44.3 Å². The van der Waals surface area contributed by atoms with E-state index >= 15 is 0 Å². The fraction of sp³-hybridized carbons (Fsp3) is 0.227. The van der Waals surface area contributed by atoms with Gasteiger partial charge in [0, 0.05) is 10.9 Å². The summed E-state index contributed by atoms with van der Waals surface area (Å²) in [6.07, 6.45) is 0. The molecule has 1 amide bonds. The molecule has 0 unspecified atom stereocenters. The number of esters is 1. The Hall–Kier alpha value is -3.59. The molecule has 3 aromatic rings. The molecule has 2 aromatic carbocycles. The van der Waals surface area contributed by atoms with Crippen molar-refractivity contribution in [1.82, 2.24) is 4.98 Å². The first kappa shape index (κ1) is 22.1. The van der Waals surface area contributed by atoms with Gasteiger partial charge in [-0.25, -0.2) is 9.78 Å². The quantitative estimate of drug-likeness (QED) is 0.500. The SMILES string of the molecule is CCOc1ccc(C(=O)OCC(=O)Nc2nc(-c3ccc(OC)c(OC)c3)cs2)cc1. The molecule has 8 nitrogen and oxygen atoms in total. The molecule has 162 valence electrons. The van der Waals surface area contributed by atoms with Gasteiger partial charge in [0.25, 0.3) is 5.91 Å².